The smallest absolute Gasteiger partial charge is 0.408 e. The minimum Gasteiger partial charge on any atom is -0.480 e. The number of hydrogen-bond donors (Lipinski definition) is 3. The van der Waals surface area contributed by atoms with Crippen LogP contribution in [0.15, 0.2) is 12.2 Å². The second kappa shape index (κ2) is 7.34. The van der Waals surface area contributed by atoms with Gasteiger partial charge in [-0.05, 0) is 58.8 Å². The number of nitrogens with one attached hydrogen (secondary N) is 1. The maximum atomic E-state index is 11.7. The third kappa shape index (κ3) is 7.03. The summed E-state index contributed by atoms with van der Waals surface area (Å²) in [6.45, 7) is 11.1. The predicted molar refractivity (Wildman–Crippen MR) is 87.1 cm³/mol. The minimum atomic E-state index is -1.14. The number of carboxylic acids is 1. The van der Waals surface area contributed by atoms with E-state index < -0.39 is 29.3 Å². The average molecular weight is 327 g/mol. The van der Waals surface area contributed by atoms with Crippen molar-refractivity contribution in [2.24, 2.45) is 5.92 Å². The van der Waals surface area contributed by atoms with Crippen LogP contribution < -0.4 is 5.32 Å². The van der Waals surface area contributed by atoms with E-state index in [1.165, 1.54) is 0 Å². The van der Waals surface area contributed by atoms with E-state index in [-0.39, 0.29) is 6.42 Å². The van der Waals surface area contributed by atoms with Crippen molar-refractivity contribution in [3.8, 4) is 0 Å². The monoisotopic (exact) mass is 327 g/mol. The molecule has 1 rings (SSSR count). The highest BCUT2D eigenvalue weighted by Crippen LogP contribution is 2.38. The molecule has 0 radical (unpaired) electrons. The molecule has 6 heteroatoms. The molecule has 1 saturated carbocycles. The molecule has 0 aromatic heterocycles. The first kappa shape index (κ1) is 19.5. The van der Waals surface area contributed by atoms with Crippen LogP contribution in [0.5, 0.6) is 0 Å². The number of alkyl carbamates (subject to hydrolysis) is 1. The number of carbonyl (C=O) groups excluding carboxylic acids is 1. The second-order valence-electron chi connectivity index (χ2n) is 7.74. The number of rotatable bonds is 5. The molecule has 1 amide bonds. The average Bonchev–Trinajstić information content (AvgIpc) is 2.29. The van der Waals surface area contributed by atoms with Crippen molar-refractivity contribution in [1.82, 2.24) is 5.32 Å². The van der Waals surface area contributed by atoms with Crippen molar-refractivity contribution < 1.29 is 24.5 Å². The topological polar surface area (TPSA) is 95.9 Å². The summed E-state index contributed by atoms with van der Waals surface area (Å²) in [5, 5.41) is 22.3. The molecule has 1 fully saturated rings. The summed E-state index contributed by atoms with van der Waals surface area (Å²) in [7, 11) is 0. The van der Waals surface area contributed by atoms with Crippen molar-refractivity contribution >= 4 is 12.1 Å². The number of carboxylic acid groups (broad SMARTS) is 1. The first-order chi connectivity index (χ1) is 10.4. The van der Waals surface area contributed by atoms with E-state index in [2.05, 4.69) is 11.9 Å². The minimum absolute atomic E-state index is 0.144. The largest absolute Gasteiger partial charge is 0.480 e. The number of carbonyl (C=O) groups is 2. The Hall–Kier alpha value is -1.56. The van der Waals surface area contributed by atoms with Gasteiger partial charge in [0.05, 0.1) is 5.60 Å². The zero-order valence-corrected chi connectivity index (χ0v) is 14.5. The Bertz CT molecular complexity index is 468. The fourth-order valence-corrected chi connectivity index (χ4v) is 3.13. The van der Waals surface area contributed by atoms with Gasteiger partial charge in [-0.2, -0.15) is 0 Å². The number of amides is 1. The Morgan fingerprint density at radius 1 is 1.48 bits per heavy atom. The summed E-state index contributed by atoms with van der Waals surface area (Å²) in [6.07, 6.45) is 1.66. The fraction of sp³-hybridized carbons (Fsp3) is 0.765. The molecule has 0 saturated heterocycles. The van der Waals surface area contributed by atoms with E-state index in [1.807, 2.05) is 6.92 Å². The van der Waals surface area contributed by atoms with Crippen molar-refractivity contribution in [3.63, 3.8) is 0 Å². The van der Waals surface area contributed by atoms with Crippen molar-refractivity contribution in [3.05, 3.63) is 12.2 Å². The van der Waals surface area contributed by atoms with Crippen LogP contribution in [0, 0.1) is 5.92 Å². The molecule has 23 heavy (non-hydrogen) atoms. The van der Waals surface area contributed by atoms with E-state index in [1.54, 1.807) is 20.8 Å². The van der Waals surface area contributed by atoms with E-state index in [0.29, 0.717) is 25.2 Å². The SMILES string of the molecule is C=C1CC(C)CC(O)(CC[C@H](NC(=O)OC(C)(C)C)C(=O)O)C1. The molecule has 132 valence electrons. The van der Waals surface area contributed by atoms with Gasteiger partial charge in [-0.25, -0.2) is 9.59 Å². The summed E-state index contributed by atoms with van der Waals surface area (Å²) >= 11 is 0. The maximum Gasteiger partial charge on any atom is 0.408 e. The van der Waals surface area contributed by atoms with E-state index >= 15 is 0 Å². The first-order valence-electron chi connectivity index (χ1n) is 8.01. The molecule has 0 aliphatic heterocycles. The van der Waals surface area contributed by atoms with E-state index in [0.717, 1.165) is 12.0 Å². The molecule has 2 unspecified atom stereocenters. The highest BCUT2D eigenvalue weighted by Gasteiger charge is 2.36. The zero-order valence-electron chi connectivity index (χ0n) is 14.5. The van der Waals surface area contributed by atoms with Gasteiger partial charge in [0.25, 0.3) is 0 Å². The van der Waals surface area contributed by atoms with Gasteiger partial charge in [-0.15, -0.1) is 0 Å². The summed E-state index contributed by atoms with van der Waals surface area (Å²) in [6, 6.07) is -1.08. The highest BCUT2D eigenvalue weighted by atomic mass is 16.6. The number of aliphatic carboxylic acids is 1. The van der Waals surface area contributed by atoms with Gasteiger partial charge in [-0.1, -0.05) is 19.1 Å². The van der Waals surface area contributed by atoms with Crippen LogP contribution in [0.2, 0.25) is 0 Å². The standard InChI is InChI=1S/C17H29NO5/c1-11-8-12(2)10-17(22,9-11)7-6-13(14(19)20)18-15(21)23-16(3,4)5/h12-13,22H,1,6-10H2,2-5H3,(H,18,21)(H,19,20)/t12?,13-,17?/m0/s1. The molecule has 0 heterocycles. The van der Waals surface area contributed by atoms with Gasteiger partial charge in [0, 0.05) is 0 Å². The summed E-state index contributed by atoms with van der Waals surface area (Å²) in [5.74, 6) is -0.814. The predicted octanol–water partition coefficient (Wildman–Crippen LogP) is 2.85. The lowest BCUT2D eigenvalue weighted by atomic mass is 9.74. The molecule has 3 N–H and O–H groups in total. The second-order valence-corrected chi connectivity index (χ2v) is 7.74. The van der Waals surface area contributed by atoms with Gasteiger partial charge >= 0.3 is 12.1 Å². The summed E-state index contributed by atoms with van der Waals surface area (Å²) < 4.78 is 5.08. The Morgan fingerprint density at radius 3 is 2.57 bits per heavy atom. The Morgan fingerprint density at radius 2 is 2.09 bits per heavy atom. The van der Waals surface area contributed by atoms with E-state index in [4.69, 9.17) is 4.74 Å². The van der Waals surface area contributed by atoms with Crippen LogP contribution in [0.25, 0.3) is 0 Å². The number of hydrogen-bond acceptors (Lipinski definition) is 4. The third-order valence-electron chi connectivity index (χ3n) is 3.83. The maximum absolute atomic E-state index is 11.7. The molecular weight excluding hydrogens is 298 g/mol. The quantitative estimate of drug-likeness (QED) is 0.675. The van der Waals surface area contributed by atoms with Crippen molar-refractivity contribution in [2.45, 2.75) is 77.0 Å². The van der Waals surface area contributed by atoms with Crippen LogP contribution in [0.3, 0.4) is 0 Å². The van der Waals surface area contributed by atoms with Crippen LogP contribution >= 0.6 is 0 Å². The molecule has 1 aliphatic rings. The van der Waals surface area contributed by atoms with E-state index in [9.17, 15) is 19.8 Å². The van der Waals surface area contributed by atoms with Crippen LogP contribution in [0.1, 0.15) is 59.8 Å². The fourth-order valence-electron chi connectivity index (χ4n) is 3.13. The van der Waals surface area contributed by atoms with Crippen LogP contribution in [-0.2, 0) is 9.53 Å². The molecule has 0 aromatic rings. The Kier molecular flexibility index (Phi) is 6.22. The molecule has 3 atom stereocenters. The van der Waals surface area contributed by atoms with Crippen molar-refractivity contribution in [2.75, 3.05) is 0 Å². The van der Waals surface area contributed by atoms with Gasteiger partial charge in [0.2, 0.25) is 0 Å². The van der Waals surface area contributed by atoms with Gasteiger partial charge < -0.3 is 20.3 Å². The van der Waals surface area contributed by atoms with Gasteiger partial charge in [-0.3, -0.25) is 0 Å². The van der Waals surface area contributed by atoms with Crippen molar-refractivity contribution in [1.29, 1.82) is 0 Å². The summed E-state index contributed by atoms with van der Waals surface area (Å²) in [4.78, 5) is 23.1. The Balaban J connectivity index is 2.61. The molecule has 0 aromatic carbocycles. The van der Waals surface area contributed by atoms with Gasteiger partial charge in [0.15, 0.2) is 0 Å². The first-order valence-corrected chi connectivity index (χ1v) is 8.01. The molecule has 0 bridgehead atoms. The zero-order chi connectivity index (χ0) is 17.8. The molecule has 0 spiro atoms. The Labute approximate surface area is 137 Å². The highest BCUT2D eigenvalue weighted by molar-refractivity contribution is 5.79. The van der Waals surface area contributed by atoms with Gasteiger partial charge in [0.1, 0.15) is 11.6 Å². The van der Waals surface area contributed by atoms with Crippen LogP contribution in [0.4, 0.5) is 4.79 Å². The summed E-state index contributed by atoms with van der Waals surface area (Å²) in [5.41, 5.74) is -0.654. The molecule has 6 nitrogen and oxygen atoms in total. The third-order valence-corrected chi connectivity index (χ3v) is 3.83. The normalized spacial score (nSPS) is 26.5. The molecular formula is C17H29NO5. The lowest BCUT2D eigenvalue weighted by Crippen LogP contribution is -2.45. The number of ether oxygens (including phenoxy) is 1. The molecule has 1 aliphatic carbocycles. The number of aliphatic hydroxyl groups is 1. The lowest BCUT2D eigenvalue weighted by molar-refractivity contribution is -0.140. The van der Waals surface area contributed by atoms with Crippen LogP contribution in [-0.4, -0.2) is 39.5 Å². The lowest BCUT2D eigenvalue weighted by Gasteiger charge is -2.37.